The van der Waals surface area contributed by atoms with Crippen LogP contribution >= 0.6 is 11.6 Å². The summed E-state index contributed by atoms with van der Waals surface area (Å²) >= 11 is 5.92. The summed E-state index contributed by atoms with van der Waals surface area (Å²) in [5.41, 5.74) is 2.35. The van der Waals surface area contributed by atoms with Gasteiger partial charge >= 0.3 is 0 Å². The normalized spacial score (nSPS) is 28.0. The minimum Gasteiger partial charge on any atom is -0.356 e. The van der Waals surface area contributed by atoms with Crippen LogP contribution in [0.4, 0.5) is 4.39 Å². The van der Waals surface area contributed by atoms with E-state index in [9.17, 15) is 4.39 Å². The van der Waals surface area contributed by atoms with Crippen molar-refractivity contribution >= 4 is 17.3 Å². The summed E-state index contributed by atoms with van der Waals surface area (Å²) in [6.45, 7) is 9.79. The SMILES string of the molecule is C=CC1=C(C)N(C)C(CC23CCCN2CCC3)N=C1/C(F)=C(\C)Cl. The fourth-order valence-corrected chi connectivity index (χ4v) is 4.64. The molecule has 2 saturated heterocycles. The molecule has 5 heteroatoms. The predicted octanol–water partition coefficient (Wildman–Crippen LogP) is 4.62. The van der Waals surface area contributed by atoms with E-state index in [0.29, 0.717) is 5.71 Å². The maximum Gasteiger partial charge on any atom is 0.163 e. The number of fused-ring (bicyclic) bond motifs is 1. The van der Waals surface area contributed by atoms with Crippen molar-refractivity contribution in [3.05, 3.63) is 34.8 Å². The van der Waals surface area contributed by atoms with Crippen molar-refractivity contribution in [1.82, 2.24) is 9.80 Å². The maximum atomic E-state index is 14.6. The Bertz CT molecular complexity index is 621. The van der Waals surface area contributed by atoms with Crippen molar-refractivity contribution in [2.24, 2.45) is 4.99 Å². The molecule has 0 aromatic carbocycles. The number of allylic oxidation sites excluding steroid dienone is 5. The lowest BCUT2D eigenvalue weighted by molar-refractivity contribution is 0.135. The van der Waals surface area contributed by atoms with Gasteiger partial charge in [0.05, 0.1) is 5.03 Å². The molecular formula is C19H27ClFN3. The molecule has 3 aliphatic heterocycles. The fourth-order valence-electron chi connectivity index (χ4n) is 4.55. The highest BCUT2D eigenvalue weighted by atomic mass is 35.5. The van der Waals surface area contributed by atoms with Gasteiger partial charge in [0.2, 0.25) is 0 Å². The Labute approximate surface area is 149 Å². The van der Waals surface area contributed by atoms with Crippen LogP contribution in [0, 0.1) is 0 Å². The fraction of sp³-hybridized carbons (Fsp3) is 0.632. The molecule has 0 radical (unpaired) electrons. The van der Waals surface area contributed by atoms with Crippen LogP contribution < -0.4 is 0 Å². The maximum absolute atomic E-state index is 14.6. The number of aliphatic imine (C=N–C) groups is 1. The van der Waals surface area contributed by atoms with Crippen LogP contribution in [0.25, 0.3) is 0 Å². The molecular weight excluding hydrogens is 325 g/mol. The van der Waals surface area contributed by atoms with Gasteiger partial charge in [0.1, 0.15) is 11.9 Å². The Morgan fingerprint density at radius 3 is 2.58 bits per heavy atom. The molecule has 0 spiro atoms. The smallest absolute Gasteiger partial charge is 0.163 e. The summed E-state index contributed by atoms with van der Waals surface area (Å²) in [5, 5.41) is 0.144. The van der Waals surface area contributed by atoms with E-state index < -0.39 is 5.83 Å². The topological polar surface area (TPSA) is 18.8 Å². The third-order valence-electron chi connectivity index (χ3n) is 5.99. The quantitative estimate of drug-likeness (QED) is 0.736. The van der Waals surface area contributed by atoms with Gasteiger partial charge in [-0.1, -0.05) is 24.3 Å². The summed E-state index contributed by atoms with van der Waals surface area (Å²) in [5.74, 6) is -0.434. The zero-order chi connectivity index (χ0) is 17.5. The highest BCUT2D eigenvalue weighted by molar-refractivity contribution is 6.32. The number of hydrogen-bond acceptors (Lipinski definition) is 3. The lowest BCUT2D eigenvalue weighted by atomic mass is 9.87. The second kappa shape index (κ2) is 6.64. The summed E-state index contributed by atoms with van der Waals surface area (Å²) in [6, 6.07) is 0. The van der Waals surface area contributed by atoms with E-state index in [-0.39, 0.29) is 16.7 Å². The first kappa shape index (κ1) is 17.7. The monoisotopic (exact) mass is 351 g/mol. The average Bonchev–Trinajstić information content (AvgIpc) is 3.10. The van der Waals surface area contributed by atoms with E-state index in [1.807, 2.05) is 14.0 Å². The highest BCUT2D eigenvalue weighted by Crippen LogP contribution is 2.44. The molecule has 132 valence electrons. The second-order valence-corrected chi connectivity index (χ2v) is 7.81. The van der Waals surface area contributed by atoms with Crippen LogP contribution in [-0.4, -0.2) is 47.4 Å². The molecule has 0 aliphatic carbocycles. The lowest BCUT2D eigenvalue weighted by Gasteiger charge is -2.40. The van der Waals surface area contributed by atoms with Crippen molar-refractivity contribution < 1.29 is 4.39 Å². The molecule has 0 amide bonds. The van der Waals surface area contributed by atoms with Gasteiger partial charge in [-0.25, -0.2) is 4.39 Å². The molecule has 24 heavy (non-hydrogen) atoms. The van der Waals surface area contributed by atoms with Gasteiger partial charge in [0.15, 0.2) is 5.83 Å². The molecule has 1 atom stereocenters. The van der Waals surface area contributed by atoms with Crippen LogP contribution in [0.1, 0.15) is 46.0 Å². The zero-order valence-corrected chi connectivity index (χ0v) is 15.7. The summed E-state index contributed by atoms with van der Waals surface area (Å²) in [6.07, 6.45) is 7.55. The van der Waals surface area contributed by atoms with Crippen LogP contribution in [0.2, 0.25) is 0 Å². The molecule has 3 nitrogen and oxygen atoms in total. The van der Waals surface area contributed by atoms with E-state index in [4.69, 9.17) is 16.6 Å². The van der Waals surface area contributed by atoms with E-state index in [0.717, 1.165) is 17.7 Å². The largest absolute Gasteiger partial charge is 0.356 e. The molecule has 0 aromatic rings. The third kappa shape index (κ3) is 2.84. The Hall–Kier alpha value is -1.13. The summed E-state index contributed by atoms with van der Waals surface area (Å²) in [7, 11) is 2.05. The molecule has 0 bridgehead atoms. The first-order chi connectivity index (χ1) is 11.4. The van der Waals surface area contributed by atoms with Crippen LogP contribution in [-0.2, 0) is 0 Å². The second-order valence-electron chi connectivity index (χ2n) is 7.24. The highest BCUT2D eigenvalue weighted by Gasteiger charge is 2.46. The van der Waals surface area contributed by atoms with Crippen molar-refractivity contribution in [2.75, 3.05) is 20.1 Å². The van der Waals surface area contributed by atoms with Gasteiger partial charge in [-0.2, -0.15) is 0 Å². The van der Waals surface area contributed by atoms with Crippen LogP contribution in [0.3, 0.4) is 0 Å². The number of rotatable bonds is 4. The molecule has 3 rings (SSSR count). The van der Waals surface area contributed by atoms with Gasteiger partial charge in [0.25, 0.3) is 0 Å². The van der Waals surface area contributed by atoms with Crippen LogP contribution in [0.5, 0.6) is 0 Å². The Morgan fingerprint density at radius 2 is 2.04 bits per heavy atom. The van der Waals surface area contributed by atoms with Gasteiger partial charge in [-0.15, -0.1) is 0 Å². The van der Waals surface area contributed by atoms with Crippen molar-refractivity contribution in [2.45, 2.75) is 57.7 Å². The van der Waals surface area contributed by atoms with Gasteiger partial charge in [0, 0.05) is 30.3 Å². The molecule has 0 saturated carbocycles. The predicted molar refractivity (Wildman–Crippen MR) is 98.9 cm³/mol. The van der Waals surface area contributed by atoms with Crippen LogP contribution in [0.15, 0.2) is 39.8 Å². The Morgan fingerprint density at radius 1 is 1.42 bits per heavy atom. The Balaban J connectivity index is 1.95. The van der Waals surface area contributed by atoms with Crippen molar-refractivity contribution in [1.29, 1.82) is 0 Å². The minimum absolute atomic E-state index is 0.0517. The molecule has 0 aromatic heterocycles. The molecule has 0 N–H and O–H groups in total. The average molecular weight is 352 g/mol. The summed E-state index contributed by atoms with van der Waals surface area (Å²) in [4.78, 5) is 9.56. The van der Waals surface area contributed by atoms with Crippen molar-refractivity contribution in [3.63, 3.8) is 0 Å². The first-order valence-corrected chi connectivity index (χ1v) is 9.19. The summed E-state index contributed by atoms with van der Waals surface area (Å²) < 4.78 is 14.6. The number of hydrogen-bond donors (Lipinski definition) is 0. The van der Waals surface area contributed by atoms with Gasteiger partial charge < -0.3 is 4.90 Å². The van der Waals surface area contributed by atoms with E-state index >= 15 is 0 Å². The van der Waals surface area contributed by atoms with E-state index in [2.05, 4.69) is 16.4 Å². The lowest BCUT2D eigenvalue weighted by Crippen LogP contribution is -2.46. The first-order valence-electron chi connectivity index (χ1n) is 8.81. The number of halogens is 2. The van der Waals surface area contributed by atoms with E-state index in [1.165, 1.54) is 38.8 Å². The Kier molecular flexibility index (Phi) is 4.89. The minimum atomic E-state index is -0.434. The third-order valence-corrected chi connectivity index (χ3v) is 6.15. The number of nitrogens with zero attached hydrogens (tertiary/aromatic N) is 3. The molecule has 2 fully saturated rings. The standard InChI is InChI=1S/C19H27ClFN3/c1-5-15-14(3)23(4)16(22-18(15)17(21)13(2)20)12-19-8-6-10-24(19)11-7-9-19/h5,16H,1,6-12H2,2-4H3/b17-13-. The molecule has 3 aliphatic rings. The molecule has 3 heterocycles. The van der Waals surface area contributed by atoms with Crippen molar-refractivity contribution in [3.8, 4) is 0 Å². The zero-order valence-electron chi connectivity index (χ0n) is 14.9. The van der Waals surface area contributed by atoms with Gasteiger partial charge in [-0.05, 0) is 52.6 Å². The molecule has 1 unspecified atom stereocenters. The van der Waals surface area contributed by atoms with Gasteiger partial charge in [-0.3, -0.25) is 9.89 Å². The van der Waals surface area contributed by atoms with E-state index in [1.54, 1.807) is 13.0 Å².